The Bertz CT molecular complexity index is 733. The molecule has 2 aromatic carbocycles. The third-order valence-corrected chi connectivity index (χ3v) is 4.91. The summed E-state index contributed by atoms with van der Waals surface area (Å²) in [4.78, 5) is 11.9. The number of halogens is 2. The highest BCUT2D eigenvalue weighted by molar-refractivity contribution is 7.98. The van der Waals surface area contributed by atoms with E-state index >= 15 is 0 Å². The van der Waals surface area contributed by atoms with Crippen LogP contribution < -0.4 is 19.5 Å². The molecule has 0 heterocycles. The van der Waals surface area contributed by atoms with Crippen molar-refractivity contribution in [3.8, 4) is 17.2 Å². The second-order valence-electron chi connectivity index (χ2n) is 5.44. The van der Waals surface area contributed by atoms with Crippen LogP contribution in [0, 0.1) is 5.82 Å². The van der Waals surface area contributed by atoms with Gasteiger partial charge in [-0.2, -0.15) is 11.8 Å². The molecule has 146 valence electrons. The van der Waals surface area contributed by atoms with Crippen molar-refractivity contribution in [2.24, 2.45) is 0 Å². The summed E-state index contributed by atoms with van der Waals surface area (Å²) in [7, 11) is 3.08. The quantitative estimate of drug-likeness (QED) is 0.598. The second kappa shape index (κ2) is 10.9. The van der Waals surface area contributed by atoms with Crippen molar-refractivity contribution in [1.82, 2.24) is 5.32 Å². The van der Waals surface area contributed by atoms with Crippen molar-refractivity contribution in [2.75, 3.05) is 33.1 Å². The molecule has 0 unspecified atom stereocenters. The zero-order chi connectivity index (χ0) is 19.6. The molecule has 2 aromatic rings. The summed E-state index contributed by atoms with van der Waals surface area (Å²) in [5.41, 5.74) is 0.478. The normalized spacial score (nSPS) is 10.4. The molecule has 0 aromatic heterocycles. The Morgan fingerprint density at radius 3 is 2.44 bits per heavy atom. The lowest BCUT2D eigenvalue weighted by atomic mass is 10.2. The van der Waals surface area contributed by atoms with Crippen LogP contribution in [0.25, 0.3) is 0 Å². The SMILES string of the molecule is COc1cc(OC)cc(OCC(=O)NCCSCc2c(F)cccc2Cl)c1. The van der Waals surface area contributed by atoms with E-state index in [1.54, 1.807) is 30.3 Å². The number of nitrogens with one attached hydrogen (secondary N) is 1. The van der Waals surface area contributed by atoms with Crippen LogP contribution in [0.5, 0.6) is 17.2 Å². The fourth-order valence-electron chi connectivity index (χ4n) is 2.17. The highest BCUT2D eigenvalue weighted by Crippen LogP contribution is 2.27. The number of carbonyl (C=O) groups excluding carboxylic acids is 1. The lowest BCUT2D eigenvalue weighted by Gasteiger charge is -2.10. The minimum absolute atomic E-state index is 0.125. The van der Waals surface area contributed by atoms with Crippen LogP contribution in [0.3, 0.4) is 0 Å². The number of amides is 1. The van der Waals surface area contributed by atoms with Gasteiger partial charge in [-0.3, -0.25) is 4.79 Å². The molecule has 8 heteroatoms. The standard InChI is InChI=1S/C19H21ClFNO4S/c1-24-13-8-14(25-2)10-15(9-13)26-11-19(23)22-6-7-27-12-16-17(20)4-3-5-18(16)21/h3-5,8-10H,6-7,11-12H2,1-2H3,(H,22,23). The molecule has 1 N–H and O–H groups in total. The molecule has 0 atom stereocenters. The number of hydrogen-bond acceptors (Lipinski definition) is 5. The van der Waals surface area contributed by atoms with Crippen molar-refractivity contribution in [1.29, 1.82) is 0 Å². The zero-order valence-electron chi connectivity index (χ0n) is 15.1. The van der Waals surface area contributed by atoms with Crippen molar-refractivity contribution in [3.63, 3.8) is 0 Å². The number of benzene rings is 2. The van der Waals surface area contributed by atoms with Gasteiger partial charge in [0.1, 0.15) is 23.1 Å². The summed E-state index contributed by atoms with van der Waals surface area (Å²) in [5, 5.41) is 3.16. The summed E-state index contributed by atoms with van der Waals surface area (Å²) in [5.74, 6) is 2.14. The number of hydrogen-bond donors (Lipinski definition) is 1. The Labute approximate surface area is 167 Å². The van der Waals surface area contributed by atoms with E-state index in [9.17, 15) is 9.18 Å². The van der Waals surface area contributed by atoms with E-state index in [0.717, 1.165) is 0 Å². The van der Waals surface area contributed by atoms with E-state index in [2.05, 4.69) is 5.32 Å². The van der Waals surface area contributed by atoms with Gasteiger partial charge in [-0.1, -0.05) is 17.7 Å². The first-order valence-corrected chi connectivity index (χ1v) is 9.70. The minimum atomic E-state index is -0.318. The first kappa shape index (κ1) is 21.2. The predicted molar refractivity (Wildman–Crippen MR) is 106 cm³/mol. The topological polar surface area (TPSA) is 56.8 Å². The van der Waals surface area contributed by atoms with Gasteiger partial charge in [0, 0.05) is 46.8 Å². The van der Waals surface area contributed by atoms with Gasteiger partial charge < -0.3 is 19.5 Å². The van der Waals surface area contributed by atoms with Gasteiger partial charge in [0.25, 0.3) is 5.91 Å². The molecule has 0 saturated heterocycles. The molecule has 0 fully saturated rings. The van der Waals surface area contributed by atoms with Gasteiger partial charge in [0.2, 0.25) is 0 Å². The van der Waals surface area contributed by atoms with Crippen LogP contribution >= 0.6 is 23.4 Å². The van der Waals surface area contributed by atoms with E-state index in [-0.39, 0.29) is 18.3 Å². The fraction of sp³-hybridized carbons (Fsp3) is 0.316. The van der Waals surface area contributed by atoms with Crippen LogP contribution in [0.15, 0.2) is 36.4 Å². The second-order valence-corrected chi connectivity index (χ2v) is 6.95. The highest BCUT2D eigenvalue weighted by Gasteiger charge is 2.08. The van der Waals surface area contributed by atoms with E-state index in [1.165, 1.54) is 32.0 Å². The molecule has 2 rings (SSSR count). The molecule has 0 bridgehead atoms. The maximum absolute atomic E-state index is 13.7. The maximum atomic E-state index is 13.7. The average molecular weight is 414 g/mol. The molecule has 0 radical (unpaired) electrons. The van der Waals surface area contributed by atoms with Gasteiger partial charge >= 0.3 is 0 Å². The van der Waals surface area contributed by atoms with Crippen molar-refractivity contribution in [3.05, 3.63) is 52.8 Å². The minimum Gasteiger partial charge on any atom is -0.496 e. The van der Waals surface area contributed by atoms with Gasteiger partial charge in [0.05, 0.1) is 14.2 Å². The molecular weight excluding hydrogens is 393 g/mol. The molecule has 27 heavy (non-hydrogen) atoms. The molecule has 0 aliphatic carbocycles. The molecular formula is C19H21ClFNO4S. The summed E-state index contributed by atoms with van der Waals surface area (Å²) in [6.45, 7) is 0.320. The Morgan fingerprint density at radius 2 is 1.81 bits per heavy atom. The Balaban J connectivity index is 1.69. The van der Waals surface area contributed by atoms with E-state index in [1.807, 2.05) is 0 Å². The Morgan fingerprint density at radius 1 is 1.15 bits per heavy atom. The fourth-order valence-corrected chi connectivity index (χ4v) is 3.37. The van der Waals surface area contributed by atoms with Crippen LogP contribution in [0.1, 0.15) is 5.56 Å². The third kappa shape index (κ3) is 6.84. The lowest BCUT2D eigenvalue weighted by molar-refractivity contribution is -0.122. The summed E-state index contributed by atoms with van der Waals surface area (Å²) in [6, 6.07) is 9.67. The molecule has 0 spiro atoms. The van der Waals surface area contributed by atoms with Crippen LogP contribution in [0.4, 0.5) is 4.39 Å². The highest BCUT2D eigenvalue weighted by atomic mass is 35.5. The maximum Gasteiger partial charge on any atom is 0.257 e. The van der Waals surface area contributed by atoms with Gasteiger partial charge in [-0.15, -0.1) is 0 Å². The Kier molecular flexibility index (Phi) is 8.54. The Hall–Kier alpha value is -2.12. The summed E-state index contributed by atoms with van der Waals surface area (Å²) >= 11 is 7.47. The summed E-state index contributed by atoms with van der Waals surface area (Å²) < 4.78 is 29.4. The molecule has 0 aliphatic rings. The number of ether oxygens (including phenoxy) is 3. The largest absolute Gasteiger partial charge is 0.496 e. The van der Waals surface area contributed by atoms with E-state index < -0.39 is 0 Å². The van der Waals surface area contributed by atoms with Crippen molar-refractivity contribution < 1.29 is 23.4 Å². The lowest BCUT2D eigenvalue weighted by Crippen LogP contribution is -2.30. The predicted octanol–water partition coefficient (Wildman–Crippen LogP) is 3.92. The molecule has 0 saturated carbocycles. The molecule has 1 amide bonds. The number of methoxy groups -OCH3 is 2. The van der Waals surface area contributed by atoms with Crippen LogP contribution in [-0.4, -0.2) is 39.0 Å². The molecule has 0 aliphatic heterocycles. The first-order valence-electron chi connectivity index (χ1n) is 8.16. The van der Waals surface area contributed by atoms with Crippen LogP contribution in [-0.2, 0) is 10.5 Å². The first-order chi connectivity index (χ1) is 13.0. The van der Waals surface area contributed by atoms with Gasteiger partial charge in [-0.05, 0) is 12.1 Å². The third-order valence-electron chi connectivity index (χ3n) is 3.57. The molecule has 5 nitrogen and oxygen atoms in total. The average Bonchev–Trinajstić information content (AvgIpc) is 2.67. The number of rotatable bonds is 10. The van der Waals surface area contributed by atoms with Crippen molar-refractivity contribution in [2.45, 2.75) is 5.75 Å². The number of thioether (sulfide) groups is 1. The van der Waals surface area contributed by atoms with Crippen LogP contribution in [0.2, 0.25) is 5.02 Å². The van der Waals surface area contributed by atoms with E-state index in [4.69, 9.17) is 25.8 Å². The summed E-state index contributed by atoms with van der Waals surface area (Å²) in [6.07, 6.45) is 0. The zero-order valence-corrected chi connectivity index (χ0v) is 16.7. The van der Waals surface area contributed by atoms with Gasteiger partial charge in [0.15, 0.2) is 6.61 Å². The number of carbonyl (C=O) groups is 1. The van der Waals surface area contributed by atoms with Crippen molar-refractivity contribution >= 4 is 29.3 Å². The van der Waals surface area contributed by atoms with E-state index in [0.29, 0.717) is 45.9 Å². The van der Waals surface area contributed by atoms with Gasteiger partial charge in [-0.25, -0.2) is 4.39 Å². The monoisotopic (exact) mass is 413 g/mol. The smallest absolute Gasteiger partial charge is 0.257 e.